The Kier molecular flexibility index (Phi) is 14.2. The first-order chi connectivity index (χ1) is 38.6. The molecule has 11 aromatic rings. The van der Waals surface area contributed by atoms with Crippen LogP contribution in [0.25, 0.3) is 61.3 Å². The zero-order chi connectivity index (χ0) is 57.2. The van der Waals surface area contributed by atoms with Gasteiger partial charge < -0.3 is 4.74 Å². The molecule has 0 aliphatic carbocycles. The maximum absolute atomic E-state index is 7.34. The van der Waals surface area contributed by atoms with Crippen molar-refractivity contribution in [3.63, 3.8) is 0 Å². The highest BCUT2D eigenvalue weighted by Crippen LogP contribution is 2.44. The normalized spacial score (nSPS) is 12.5. The van der Waals surface area contributed by atoms with Gasteiger partial charge in [-0.2, -0.15) is 0 Å². The predicted molar refractivity (Wildman–Crippen MR) is 338 cm³/mol. The number of rotatable bonds is 13. The van der Waals surface area contributed by atoms with Crippen molar-refractivity contribution in [1.82, 2.24) is 14.1 Å². The maximum Gasteiger partial charge on any atom is 0.269 e. The number of hydrogen-bond donors (Lipinski definition) is 0. The number of nitrogens with zero attached hydrogens (tertiary/aromatic N) is 4. The number of aromatic nitrogens is 4. The van der Waals surface area contributed by atoms with E-state index < -0.39 is 0 Å². The summed E-state index contributed by atoms with van der Waals surface area (Å²) in [7, 11) is 0. The summed E-state index contributed by atoms with van der Waals surface area (Å²) in [4.78, 5) is 5.08. The van der Waals surface area contributed by atoms with E-state index in [2.05, 4.69) is 317 Å². The van der Waals surface area contributed by atoms with Crippen LogP contribution in [0.1, 0.15) is 154 Å². The summed E-state index contributed by atoms with van der Waals surface area (Å²) in [6.45, 7) is 32.5. The number of pyridine rings is 1. The molecule has 8 aromatic carbocycles. The molecule has 408 valence electrons. The smallest absolute Gasteiger partial charge is 0.269 e. The largest absolute Gasteiger partial charge is 0.458 e. The van der Waals surface area contributed by atoms with E-state index in [1.54, 1.807) is 0 Å². The van der Waals surface area contributed by atoms with Crippen LogP contribution in [0.2, 0.25) is 0 Å². The van der Waals surface area contributed by atoms with Gasteiger partial charge in [0.1, 0.15) is 17.3 Å². The van der Waals surface area contributed by atoms with Crippen LogP contribution in [-0.4, -0.2) is 14.1 Å². The molecule has 0 atom stereocenters. The van der Waals surface area contributed by atoms with Gasteiger partial charge >= 0.3 is 0 Å². The fourth-order valence-electron chi connectivity index (χ4n) is 12.2. The van der Waals surface area contributed by atoms with E-state index >= 15 is 0 Å². The lowest BCUT2D eigenvalue weighted by Crippen LogP contribution is -2.41. The first-order valence-electron chi connectivity index (χ1n) is 29.0. The summed E-state index contributed by atoms with van der Waals surface area (Å²) < 4.78 is 14.3. The van der Waals surface area contributed by atoms with Crippen molar-refractivity contribution >= 4 is 21.8 Å². The van der Waals surface area contributed by atoms with Gasteiger partial charge in [-0.1, -0.05) is 230 Å². The summed E-state index contributed by atoms with van der Waals surface area (Å²) in [6, 6.07) is 72.8. The van der Waals surface area contributed by atoms with E-state index in [1.165, 1.54) is 55.9 Å². The molecular formula is C76H78N4O. The van der Waals surface area contributed by atoms with Gasteiger partial charge in [-0.25, -0.2) is 4.98 Å². The molecule has 0 N–H and O–H groups in total. The van der Waals surface area contributed by atoms with Crippen LogP contribution in [-0.2, 0) is 21.7 Å². The van der Waals surface area contributed by atoms with Crippen LogP contribution >= 0.6 is 0 Å². The molecule has 11 rings (SSSR count). The van der Waals surface area contributed by atoms with E-state index in [4.69, 9.17) is 9.72 Å². The first kappa shape index (κ1) is 54.7. The molecule has 81 heavy (non-hydrogen) atoms. The Morgan fingerprint density at radius 1 is 0.457 bits per heavy atom. The van der Waals surface area contributed by atoms with Crippen molar-refractivity contribution in [1.29, 1.82) is 0 Å². The van der Waals surface area contributed by atoms with Crippen molar-refractivity contribution in [2.45, 2.75) is 130 Å². The molecule has 0 aliphatic heterocycles. The van der Waals surface area contributed by atoms with Crippen LogP contribution in [0.3, 0.4) is 0 Å². The van der Waals surface area contributed by atoms with Gasteiger partial charge in [-0.15, -0.1) is 0 Å². The predicted octanol–water partition coefficient (Wildman–Crippen LogP) is 19.7. The molecule has 5 nitrogen and oxygen atoms in total. The van der Waals surface area contributed by atoms with Crippen LogP contribution in [0, 0.1) is 6.33 Å². The number of benzene rings is 8. The maximum atomic E-state index is 7.34. The van der Waals surface area contributed by atoms with Crippen LogP contribution in [0.15, 0.2) is 206 Å². The lowest BCUT2D eigenvalue weighted by atomic mass is 9.77. The minimum Gasteiger partial charge on any atom is -0.458 e. The monoisotopic (exact) mass is 1060 g/mol. The van der Waals surface area contributed by atoms with Gasteiger partial charge in [-0.05, 0) is 139 Å². The van der Waals surface area contributed by atoms with E-state index in [0.717, 1.165) is 61.6 Å². The second-order valence-corrected chi connectivity index (χ2v) is 26.0. The van der Waals surface area contributed by atoms with Crippen molar-refractivity contribution in [2.24, 2.45) is 0 Å². The molecule has 0 saturated carbocycles. The minimum atomic E-state index is -0.316. The molecule has 3 aromatic heterocycles. The third-order valence-electron chi connectivity index (χ3n) is 16.7. The van der Waals surface area contributed by atoms with Crippen LogP contribution in [0.5, 0.6) is 11.5 Å². The molecule has 0 bridgehead atoms. The highest BCUT2D eigenvalue weighted by Gasteiger charge is 2.35. The third kappa shape index (κ3) is 10.3. The highest BCUT2D eigenvalue weighted by atomic mass is 16.5. The minimum absolute atomic E-state index is 0.246. The number of imidazole rings is 1. The van der Waals surface area contributed by atoms with Crippen molar-refractivity contribution in [3.8, 4) is 50.9 Å². The quantitative estimate of drug-likeness (QED) is 0.0852. The Bertz CT molecular complexity index is 4060. The third-order valence-corrected chi connectivity index (χ3v) is 16.7. The summed E-state index contributed by atoms with van der Waals surface area (Å²) in [5, 5.41) is 2.30. The molecular weight excluding hydrogens is 985 g/mol. The van der Waals surface area contributed by atoms with Gasteiger partial charge in [-0.3, -0.25) is 13.7 Å². The van der Waals surface area contributed by atoms with Crippen molar-refractivity contribution < 1.29 is 9.30 Å². The first-order valence-corrected chi connectivity index (χ1v) is 29.0. The standard InChI is InChI=1S/C76H78N4O/c1-50(2)63-34-26-35-64(51(3)4)70(63)54-43-60(47-62(44-54)81-61-37-38-66-65-33-24-25-36-67(65)80(68(66)48-61)69-46-57(39-40-77-69)75(11,12)55-29-20-16-21-30-55)79-49-78(71(73(5,6)7)72(79)74(8,9)10)59-42-53(52-27-18-15-19-28-52)41-58(45-59)76(13,14)56-31-22-17-23-32-56/h15-48,50-51H,1-14H3. The zero-order valence-corrected chi connectivity index (χ0v) is 50.0. The Balaban J connectivity index is 1.14. The number of para-hydroxylation sites is 1. The molecule has 0 amide bonds. The lowest BCUT2D eigenvalue weighted by Gasteiger charge is -2.31. The van der Waals surface area contributed by atoms with Crippen molar-refractivity contribution in [2.75, 3.05) is 0 Å². The fourth-order valence-corrected chi connectivity index (χ4v) is 12.2. The molecule has 0 radical (unpaired) electrons. The molecule has 0 fully saturated rings. The Morgan fingerprint density at radius 2 is 1.05 bits per heavy atom. The summed E-state index contributed by atoms with van der Waals surface area (Å²) in [5.41, 5.74) is 17.6. The summed E-state index contributed by atoms with van der Waals surface area (Å²) in [5.74, 6) is 2.91. The SMILES string of the molecule is CC(C)c1cccc(C(C)C)c1-c1cc(Oc2ccc3c4ccccc4n(-c4cc(C(C)(C)c5ccccc5)ccn4)c3c2)cc(-n2[c-][n+](-c3cc(-c4ccccc4)cc(C(C)(C)c4ccccc4)c3)c(C(C)(C)C)c2C(C)(C)C)c1. The topological polar surface area (TPSA) is 35.9 Å². The molecule has 0 aliphatic rings. The number of ether oxygens (including phenoxy) is 1. The van der Waals surface area contributed by atoms with Crippen LogP contribution in [0.4, 0.5) is 0 Å². The van der Waals surface area contributed by atoms with E-state index in [1.807, 2.05) is 6.20 Å². The zero-order valence-electron chi connectivity index (χ0n) is 50.0. The summed E-state index contributed by atoms with van der Waals surface area (Å²) >= 11 is 0. The van der Waals surface area contributed by atoms with Crippen LogP contribution < -0.4 is 9.30 Å². The van der Waals surface area contributed by atoms with E-state index in [-0.39, 0.29) is 33.5 Å². The van der Waals surface area contributed by atoms with Gasteiger partial charge in [0.05, 0.1) is 33.8 Å². The molecule has 5 heteroatoms. The second-order valence-electron chi connectivity index (χ2n) is 26.0. The number of fused-ring (bicyclic) bond motifs is 3. The Hall–Kier alpha value is -8.28. The average molecular weight is 1060 g/mol. The number of hydrogen-bond acceptors (Lipinski definition) is 2. The molecule has 0 unspecified atom stereocenters. The van der Waals surface area contributed by atoms with Gasteiger partial charge in [0, 0.05) is 33.9 Å². The Labute approximate surface area is 481 Å². The van der Waals surface area contributed by atoms with E-state index in [0.29, 0.717) is 0 Å². The summed E-state index contributed by atoms with van der Waals surface area (Å²) in [6.07, 6.45) is 6.05. The lowest BCUT2D eigenvalue weighted by molar-refractivity contribution is -0.611. The van der Waals surface area contributed by atoms with Gasteiger partial charge in [0.15, 0.2) is 0 Å². The molecule has 0 saturated heterocycles. The molecule has 3 heterocycles. The van der Waals surface area contributed by atoms with E-state index in [9.17, 15) is 0 Å². The Morgan fingerprint density at radius 3 is 1.67 bits per heavy atom. The highest BCUT2D eigenvalue weighted by molar-refractivity contribution is 6.09. The second kappa shape index (κ2) is 21.0. The van der Waals surface area contributed by atoms with Gasteiger partial charge in [0.25, 0.3) is 6.33 Å². The van der Waals surface area contributed by atoms with Crippen molar-refractivity contribution in [3.05, 3.63) is 257 Å². The fraction of sp³-hybridized carbons (Fsp3) is 0.263. The molecule has 0 spiro atoms. The van der Waals surface area contributed by atoms with Gasteiger partial charge in [0.2, 0.25) is 0 Å². The average Bonchev–Trinajstić information content (AvgIpc) is 3.47.